The Kier molecular flexibility index (Phi) is 8.51. The van der Waals surface area contributed by atoms with Crippen molar-refractivity contribution in [2.45, 2.75) is 44.7 Å². The zero-order valence-electron chi connectivity index (χ0n) is 12.0. The Hall–Kier alpha value is 0.154. The maximum absolute atomic E-state index is 10.1. The van der Waals surface area contributed by atoms with Crippen LogP contribution in [0.25, 0.3) is 0 Å². The summed E-state index contributed by atoms with van der Waals surface area (Å²) in [6.45, 7) is 4.93. The van der Waals surface area contributed by atoms with Crippen LogP contribution in [0.4, 0.5) is 0 Å². The molecule has 0 bridgehead atoms. The quantitative estimate of drug-likeness (QED) is 0.316. The van der Waals surface area contributed by atoms with Crippen molar-refractivity contribution in [3.63, 3.8) is 0 Å². The largest absolute Gasteiger partial charge is 0.489 e. The van der Waals surface area contributed by atoms with E-state index in [1.54, 1.807) is 13.1 Å². The summed E-state index contributed by atoms with van der Waals surface area (Å²) in [6, 6.07) is 0.269. The minimum atomic E-state index is -3.34. The fourth-order valence-electron chi connectivity index (χ4n) is 1.33. The molecule has 0 aliphatic rings. The average Bonchev–Trinajstić information content (AvgIpc) is 2.25. The van der Waals surface area contributed by atoms with Gasteiger partial charge in [-0.3, -0.25) is 0 Å². The molecule has 0 aliphatic heterocycles. The molecule has 0 aromatic rings. The Morgan fingerprint density at radius 1 is 1.16 bits per heavy atom. The minimum absolute atomic E-state index is 0.0335. The van der Waals surface area contributed by atoms with Gasteiger partial charge in [0.1, 0.15) is 6.10 Å². The van der Waals surface area contributed by atoms with E-state index in [1.807, 2.05) is 0 Å². The lowest BCUT2D eigenvalue weighted by molar-refractivity contribution is -0.0305. The zero-order chi connectivity index (χ0) is 15.1. The van der Waals surface area contributed by atoms with Crippen molar-refractivity contribution in [3.8, 4) is 0 Å². The summed E-state index contributed by atoms with van der Waals surface area (Å²) in [5.41, 5.74) is 0. The van der Waals surface area contributed by atoms with Gasteiger partial charge in [0.25, 0.3) is 0 Å². The van der Waals surface area contributed by atoms with Crippen molar-refractivity contribution in [3.05, 3.63) is 0 Å². The SMILES string of the molecule is CO[Si](O)(CCCOCC(O)C(C)O)O[Si](C)(C)O. The molecular formula is C10H26O7Si2. The molecule has 0 aliphatic carbocycles. The Morgan fingerprint density at radius 3 is 2.16 bits per heavy atom. The molecule has 0 spiro atoms. The van der Waals surface area contributed by atoms with Gasteiger partial charge >= 0.3 is 17.4 Å². The van der Waals surface area contributed by atoms with Crippen LogP contribution in [0.5, 0.6) is 0 Å². The molecule has 7 nitrogen and oxygen atoms in total. The summed E-state index contributed by atoms with van der Waals surface area (Å²) in [6.07, 6.45) is -1.28. The van der Waals surface area contributed by atoms with E-state index in [2.05, 4.69) is 0 Å². The van der Waals surface area contributed by atoms with Crippen molar-refractivity contribution in [2.24, 2.45) is 0 Å². The maximum Gasteiger partial charge on any atom is 0.489 e. The molecule has 3 unspecified atom stereocenters. The third kappa shape index (κ3) is 9.65. The van der Waals surface area contributed by atoms with E-state index in [0.717, 1.165) is 0 Å². The molecule has 116 valence electrons. The van der Waals surface area contributed by atoms with Gasteiger partial charge in [-0.05, 0) is 26.4 Å². The molecule has 0 saturated carbocycles. The number of aliphatic hydroxyl groups is 2. The third-order valence-electron chi connectivity index (χ3n) is 2.36. The molecule has 0 heterocycles. The van der Waals surface area contributed by atoms with Crippen LogP contribution < -0.4 is 0 Å². The highest BCUT2D eigenvalue weighted by Gasteiger charge is 2.41. The lowest BCUT2D eigenvalue weighted by Crippen LogP contribution is -2.50. The minimum Gasteiger partial charge on any atom is -0.411 e. The fraction of sp³-hybridized carbons (Fsp3) is 1.00. The van der Waals surface area contributed by atoms with Crippen LogP contribution in [-0.4, -0.2) is 69.7 Å². The number of rotatable bonds is 10. The van der Waals surface area contributed by atoms with Gasteiger partial charge in [-0.1, -0.05) is 0 Å². The van der Waals surface area contributed by atoms with Crippen LogP contribution in [0.3, 0.4) is 0 Å². The first kappa shape index (κ1) is 19.2. The predicted molar refractivity (Wildman–Crippen MR) is 73.7 cm³/mol. The number of hydrogen-bond acceptors (Lipinski definition) is 7. The second-order valence-corrected chi connectivity index (χ2v) is 11.0. The topological polar surface area (TPSA) is 109 Å². The van der Waals surface area contributed by atoms with Gasteiger partial charge in [0.05, 0.1) is 12.7 Å². The standard InChI is InChI=1S/C10H26O7Si2/c1-9(11)10(12)8-16-6-5-7-19(14,15-2)17-18(3,4)13/h9-14H,5-8H2,1-4H3. The summed E-state index contributed by atoms with van der Waals surface area (Å²) in [5.74, 6) is 0. The molecule has 19 heavy (non-hydrogen) atoms. The normalized spacial score (nSPS) is 18.9. The van der Waals surface area contributed by atoms with Crippen molar-refractivity contribution in [1.29, 1.82) is 0 Å². The van der Waals surface area contributed by atoms with Gasteiger partial charge in [0, 0.05) is 19.8 Å². The number of aliphatic hydroxyl groups excluding tert-OH is 2. The van der Waals surface area contributed by atoms with Crippen LogP contribution in [-0.2, 0) is 13.3 Å². The molecule has 0 fully saturated rings. The summed E-state index contributed by atoms with van der Waals surface area (Å²) in [5, 5.41) is 18.3. The highest BCUT2D eigenvalue weighted by molar-refractivity contribution is 6.75. The van der Waals surface area contributed by atoms with E-state index in [0.29, 0.717) is 13.0 Å². The Bertz CT molecular complexity index is 247. The van der Waals surface area contributed by atoms with Crippen molar-refractivity contribution >= 4 is 17.4 Å². The first-order valence-electron chi connectivity index (χ1n) is 6.23. The van der Waals surface area contributed by atoms with Crippen molar-refractivity contribution in [1.82, 2.24) is 0 Å². The molecule has 0 amide bonds. The zero-order valence-corrected chi connectivity index (χ0v) is 14.0. The Labute approximate surface area is 116 Å². The Balaban J connectivity index is 3.90. The number of hydrogen-bond donors (Lipinski definition) is 4. The molecule has 9 heteroatoms. The van der Waals surface area contributed by atoms with Gasteiger partial charge in [-0.15, -0.1) is 0 Å². The van der Waals surface area contributed by atoms with E-state index in [9.17, 15) is 14.7 Å². The van der Waals surface area contributed by atoms with Crippen LogP contribution in [0.2, 0.25) is 19.1 Å². The van der Waals surface area contributed by atoms with Crippen LogP contribution >= 0.6 is 0 Å². The summed E-state index contributed by atoms with van der Waals surface area (Å²) < 4.78 is 15.4. The van der Waals surface area contributed by atoms with E-state index in [1.165, 1.54) is 14.0 Å². The van der Waals surface area contributed by atoms with Crippen LogP contribution in [0, 0.1) is 0 Å². The molecule has 0 saturated heterocycles. The molecule has 3 atom stereocenters. The van der Waals surface area contributed by atoms with E-state index >= 15 is 0 Å². The van der Waals surface area contributed by atoms with E-state index < -0.39 is 29.6 Å². The number of ether oxygens (including phenoxy) is 1. The van der Waals surface area contributed by atoms with Gasteiger partial charge in [0.2, 0.25) is 0 Å². The third-order valence-corrected chi connectivity index (χ3v) is 7.25. The van der Waals surface area contributed by atoms with Gasteiger partial charge < -0.3 is 33.1 Å². The monoisotopic (exact) mass is 314 g/mol. The lowest BCUT2D eigenvalue weighted by atomic mass is 10.2. The van der Waals surface area contributed by atoms with Gasteiger partial charge in [-0.2, -0.15) is 0 Å². The molecule has 0 aromatic carbocycles. The highest BCUT2D eigenvalue weighted by Crippen LogP contribution is 2.16. The second-order valence-electron chi connectivity index (χ2n) is 4.95. The molecule has 0 rings (SSSR count). The molecule has 4 N–H and O–H groups in total. The van der Waals surface area contributed by atoms with Crippen molar-refractivity contribution < 1.29 is 33.1 Å². The van der Waals surface area contributed by atoms with E-state index in [4.69, 9.17) is 18.4 Å². The van der Waals surface area contributed by atoms with Gasteiger partial charge in [-0.25, -0.2) is 0 Å². The summed E-state index contributed by atoms with van der Waals surface area (Å²) in [7, 11) is -4.83. The molecule has 0 aromatic heterocycles. The average molecular weight is 314 g/mol. The highest BCUT2D eigenvalue weighted by atomic mass is 28.5. The fourth-order valence-corrected chi connectivity index (χ4v) is 5.99. The summed E-state index contributed by atoms with van der Waals surface area (Å²) in [4.78, 5) is 19.7. The van der Waals surface area contributed by atoms with E-state index in [-0.39, 0.29) is 12.7 Å². The molecular weight excluding hydrogens is 288 g/mol. The first-order chi connectivity index (χ1) is 8.59. The van der Waals surface area contributed by atoms with Crippen LogP contribution in [0.15, 0.2) is 0 Å². The van der Waals surface area contributed by atoms with Crippen LogP contribution in [0.1, 0.15) is 13.3 Å². The first-order valence-corrected chi connectivity index (χ1v) is 11.1. The smallest absolute Gasteiger partial charge is 0.411 e. The van der Waals surface area contributed by atoms with Gasteiger partial charge in [0.15, 0.2) is 0 Å². The summed E-state index contributed by atoms with van der Waals surface area (Å²) >= 11 is 0. The maximum atomic E-state index is 10.1. The predicted octanol–water partition coefficient (Wildman–Crippen LogP) is -0.577. The lowest BCUT2D eigenvalue weighted by Gasteiger charge is -2.28. The second kappa shape index (κ2) is 8.44. The Morgan fingerprint density at radius 2 is 1.74 bits per heavy atom. The van der Waals surface area contributed by atoms with Crippen molar-refractivity contribution in [2.75, 3.05) is 20.3 Å². The molecule has 0 radical (unpaired) electrons.